The van der Waals surface area contributed by atoms with E-state index in [-0.39, 0.29) is 0 Å². The highest BCUT2D eigenvalue weighted by Crippen LogP contribution is 2.43. The second-order valence-corrected chi connectivity index (χ2v) is 7.89. The summed E-state index contributed by atoms with van der Waals surface area (Å²) >= 11 is 0. The predicted molar refractivity (Wildman–Crippen MR) is 94.3 cm³/mol. The smallest absolute Gasteiger partial charge is 0.0603 e. The van der Waals surface area contributed by atoms with Gasteiger partial charge in [0.2, 0.25) is 0 Å². The summed E-state index contributed by atoms with van der Waals surface area (Å²) in [6.45, 7) is 13.3. The molecule has 3 heteroatoms. The van der Waals surface area contributed by atoms with E-state index in [1.165, 1.54) is 32.1 Å². The largest absolute Gasteiger partial charge is 0.385 e. The second kappa shape index (κ2) is 10.6. The minimum Gasteiger partial charge on any atom is -0.385 e. The van der Waals surface area contributed by atoms with Crippen LogP contribution in [0.15, 0.2) is 0 Å². The van der Waals surface area contributed by atoms with E-state index >= 15 is 0 Å². The van der Waals surface area contributed by atoms with Gasteiger partial charge in [-0.05, 0) is 62.4 Å². The van der Waals surface area contributed by atoms with Crippen molar-refractivity contribution in [2.45, 2.75) is 72.3 Å². The van der Waals surface area contributed by atoms with Crippen LogP contribution in [-0.4, -0.2) is 39.5 Å². The van der Waals surface area contributed by atoms with Gasteiger partial charge in [-0.3, -0.25) is 0 Å². The molecule has 0 amide bonds. The number of rotatable bonds is 11. The Kier molecular flexibility index (Phi) is 9.62. The third-order valence-corrected chi connectivity index (χ3v) is 5.13. The van der Waals surface area contributed by atoms with Crippen LogP contribution < -0.4 is 5.32 Å². The van der Waals surface area contributed by atoms with E-state index in [1.807, 2.05) is 0 Å². The monoisotopic (exact) mass is 313 g/mol. The van der Waals surface area contributed by atoms with E-state index in [0.717, 1.165) is 38.6 Å². The molecule has 1 aliphatic heterocycles. The van der Waals surface area contributed by atoms with Crippen LogP contribution in [0.1, 0.15) is 66.2 Å². The summed E-state index contributed by atoms with van der Waals surface area (Å²) in [6.07, 6.45) is 8.03. The summed E-state index contributed by atoms with van der Waals surface area (Å²) in [5.41, 5.74) is 0.492. The topological polar surface area (TPSA) is 30.5 Å². The molecule has 0 unspecified atom stereocenters. The molecule has 1 rings (SSSR count). The first-order valence-corrected chi connectivity index (χ1v) is 9.30. The quantitative estimate of drug-likeness (QED) is 0.578. The minimum absolute atomic E-state index is 0.453. The molecule has 1 fully saturated rings. The molecule has 0 saturated carbocycles. The molecule has 0 bridgehead atoms. The predicted octanol–water partition coefficient (Wildman–Crippen LogP) is 4.26. The number of hydrogen-bond acceptors (Lipinski definition) is 3. The molecule has 0 aromatic rings. The van der Waals surface area contributed by atoms with Gasteiger partial charge >= 0.3 is 0 Å². The van der Waals surface area contributed by atoms with Crippen molar-refractivity contribution in [2.75, 3.05) is 33.4 Å². The first-order chi connectivity index (χ1) is 10.5. The fraction of sp³-hybridized carbons (Fsp3) is 1.00. The third kappa shape index (κ3) is 7.43. The van der Waals surface area contributed by atoms with Crippen molar-refractivity contribution >= 4 is 0 Å². The Labute approximate surface area is 138 Å². The van der Waals surface area contributed by atoms with Gasteiger partial charge in [-0.25, -0.2) is 0 Å². The molecule has 0 aliphatic carbocycles. The first kappa shape index (κ1) is 19.9. The molecule has 1 saturated heterocycles. The van der Waals surface area contributed by atoms with Crippen LogP contribution in [0.5, 0.6) is 0 Å². The van der Waals surface area contributed by atoms with Gasteiger partial charge in [-0.1, -0.05) is 34.1 Å². The molecule has 1 N–H and O–H groups in total. The van der Waals surface area contributed by atoms with Crippen molar-refractivity contribution < 1.29 is 9.47 Å². The Hall–Kier alpha value is -0.120. The van der Waals surface area contributed by atoms with Gasteiger partial charge in [-0.15, -0.1) is 0 Å². The Morgan fingerprint density at radius 1 is 1.18 bits per heavy atom. The fourth-order valence-electron chi connectivity index (χ4n) is 3.44. The van der Waals surface area contributed by atoms with Crippen molar-refractivity contribution in [1.29, 1.82) is 0 Å². The number of nitrogens with one attached hydrogen (secondary N) is 1. The lowest BCUT2D eigenvalue weighted by Crippen LogP contribution is -2.40. The molecule has 0 radical (unpaired) electrons. The molecule has 132 valence electrons. The minimum atomic E-state index is 0.453. The number of methoxy groups -OCH3 is 1. The van der Waals surface area contributed by atoms with Gasteiger partial charge in [0, 0.05) is 20.3 Å². The van der Waals surface area contributed by atoms with Gasteiger partial charge in [-0.2, -0.15) is 0 Å². The Bertz CT molecular complexity index is 281. The zero-order valence-corrected chi connectivity index (χ0v) is 15.6. The molecule has 3 nitrogen and oxygen atoms in total. The van der Waals surface area contributed by atoms with Crippen LogP contribution in [0.3, 0.4) is 0 Å². The first-order valence-electron chi connectivity index (χ1n) is 9.30. The van der Waals surface area contributed by atoms with Crippen molar-refractivity contribution in [1.82, 2.24) is 5.32 Å². The van der Waals surface area contributed by atoms with Gasteiger partial charge in [0.25, 0.3) is 0 Å². The third-order valence-electron chi connectivity index (χ3n) is 5.13. The summed E-state index contributed by atoms with van der Waals surface area (Å²) in [5.74, 6) is 1.43. The molecule has 1 heterocycles. The average molecular weight is 314 g/mol. The summed E-state index contributed by atoms with van der Waals surface area (Å²) in [4.78, 5) is 0. The van der Waals surface area contributed by atoms with Crippen molar-refractivity contribution in [3.63, 3.8) is 0 Å². The van der Waals surface area contributed by atoms with Gasteiger partial charge in [0.05, 0.1) is 6.10 Å². The lowest BCUT2D eigenvalue weighted by atomic mass is 9.69. The van der Waals surface area contributed by atoms with Crippen LogP contribution in [0.25, 0.3) is 0 Å². The molecule has 22 heavy (non-hydrogen) atoms. The molecule has 0 aromatic heterocycles. The summed E-state index contributed by atoms with van der Waals surface area (Å²) in [6, 6.07) is 0. The Morgan fingerprint density at radius 3 is 2.59 bits per heavy atom. The maximum absolute atomic E-state index is 6.02. The maximum Gasteiger partial charge on any atom is 0.0603 e. The van der Waals surface area contributed by atoms with Crippen molar-refractivity contribution in [2.24, 2.45) is 17.3 Å². The molecule has 1 aliphatic rings. The molecule has 0 spiro atoms. The maximum atomic E-state index is 6.02. The van der Waals surface area contributed by atoms with Crippen LogP contribution >= 0.6 is 0 Å². The lowest BCUT2D eigenvalue weighted by Gasteiger charge is -2.43. The Morgan fingerprint density at radius 2 is 1.95 bits per heavy atom. The molecular formula is C19H39NO2. The van der Waals surface area contributed by atoms with Crippen molar-refractivity contribution in [3.05, 3.63) is 0 Å². The zero-order chi connectivity index (χ0) is 16.4. The van der Waals surface area contributed by atoms with Crippen LogP contribution in [0, 0.1) is 17.3 Å². The highest BCUT2D eigenvalue weighted by molar-refractivity contribution is 4.88. The van der Waals surface area contributed by atoms with E-state index < -0.39 is 0 Å². The van der Waals surface area contributed by atoms with Crippen molar-refractivity contribution in [3.8, 4) is 0 Å². The van der Waals surface area contributed by atoms with Crippen LogP contribution in [0.4, 0.5) is 0 Å². The number of ether oxygens (including phenoxy) is 2. The number of hydrogen-bond donors (Lipinski definition) is 1. The summed E-state index contributed by atoms with van der Waals surface area (Å²) < 4.78 is 11.1. The average Bonchev–Trinajstić information content (AvgIpc) is 2.49. The van der Waals surface area contributed by atoms with E-state index in [2.05, 4.69) is 33.0 Å². The zero-order valence-electron chi connectivity index (χ0n) is 15.6. The SMILES string of the molecule is COCCCNCC[C@]1(CCC(C)C)CCO[C@@H](C(C)C)C1. The summed E-state index contributed by atoms with van der Waals surface area (Å²) in [7, 11) is 1.77. The Balaban J connectivity index is 2.47. The normalized spacial score (nSPS) is 26.0. The van der Waals surface area contributed by atoms with Gasteiger partial charge in [0.1, 0.15) is 0 Å². The summed E-state index contributed by atoms with van der Waals surface area (Å²) in [5, 5.41) is 3.60. The lowest BCUT2D eigenvalue weighted by molar-refractivity contribution is -0.0761. The van der Waals surface area contributed by atoms with Gasteiger partial charge < -0.3 is 14.8 Å². The van der Waals surface area contributed by atoms with E-state index in [1.54, 1.807) is 7.11 Å². The van der Waals surface area contributed by atoms with E-state index in [9.17, 15) is 0 Å². The second-order valence-electron chi connectivity index (χ2n) is 7.89. The van der Waals surface area contributed by atoms with Crippen LogP contribution in [0.2, 0.25) is 0 Å². The van der Waals surface area contributed by atoms with E-state index in [4.69, 9.17) is 9.47 Å². The van der Waals surface area contributed by atoms with Gasteiger partial charge in [0.15, 0.2) is 0 Å². The molecular weight excluding hydrogens is 274 g/mol. The molecule has 2 atom stereocenters. The van der Waals surface area contributed by atoms with Crippen LogP contribution in [-0.2, 0) is 9.47 Å². The fourth-order valence-corrected chi connectivity index (χ4v) is 3.44. The molecule has 0 aromatic carbocycles. The highest BCUT2D eigenvalue weighted by Gasteiger charge is 2.37. The highest BCUT2D eigenvalue weighted by atomic mass is 16.5. The standard InChI is InChI=1S/C19H39NO2/c1-16(2)7-8-19(9-12-20-11-6-13-21-5)10-14-22-18(15-19)17(3)4/h16-18,20H,6-15H2,1-5H3/t18-,19-/m1/s1. The van der Waals surface area contributed by atoms with E-state index in [0.29, 0.717) is 17.4 Å².